The topological polar surface area (TPSA) is 97.0 Å². The number of carbonyl (C=O) groups is 1. The number of methoxy groups -OCH3 is 1. The number of thiocarbonyl (C=S) groups is 1. The van der Waals surface area contributed by atoms with Crippen molar-refractivity contribution in [1.82, 2.24) is 9.62 Å². The molecule has 1 amide bonds. The first-order valence-corrected chi connectivity index (χ1v) is 11.6. The predicted octanol–water partition coefficient (Wildman–Crippen LogP) is 2.87. The number of rotatable bonds is 10. The van der Waals surface area contributed by atoms with Crippen LogP contribution in [0.4, 0.5) is 5.69 Å². The van der Waals surface area contributed by atoms with E-state index >= 15 is 0 Å². The Morgan fingerprint density at radius 3 is 2.16 bits per heavy atom. The number of hydrogen-bond acceptors (Lipinski definition) is 6. The van der Waals surface area contributed by atoms with Gasteiger partial charge in [-0.25, -0.2) is 8.42 Å². The van der Waals surface area contributed by atoms with Crippen molar-refractivity contribution in [3.63, 3.8) is 0 Å². The number of amides is 1. The lowest BCUT2D eigenvalue weighted by Crippen LogP contribution is -2.34. The van der Waals surface area contributed by atoms with Crippen LogP contribution in [0, 0.1) is 0 Å². The van der Waals surface area contributed by atoms with Gasteiger partial charge in [-0.3, -0.25) is 10.1 Å². The second-order valence-electron chi connectivity index (χ2n) is 6.39. The Bertz CT molecular complexity index is 973. The molecule has 0 radical (unpaired) electrons. The van der Waals surface area contributed by atoms with Crippen molar-refractivity contribution in [1.29, 1.82) is 0 Å². The molecular formula is C21H27N3O5S2. The Morgan fingerprint density at radius 1 is 1.00 bits per heavy atom. The van der Waals surface area contributed by atoms with Crippen molar-refractivity contribution in [3.8, 4) is 5.75 Å². The molecule has 0 fully saturated rings. The highest BCUT2D eigenvalue weighted by atomic mass is 32.2. The molecule has 0 saturated carbocycles. The lowest BCUT2D eigenvalue weighted by Gasteiger charge is -2.18. The first-order valence-electron chi connectivity index (χ1n) is 9.76. The summed E-state index contributed by atoms with van der Waals surface area (Å²) in [5.41, 5.74) is 0.981. The number of ether oxygens (including phenoxy) is 2. The van der Waals surface area contributed by atoms with E-state index in [-0.39, 0.29) is 15.9 Å². The summed E-state index contributed by atoms with van der Waals surface area (Å²) >= 11 is 5.19. The van der Waals surface area contributed by atoms with Gasteiger partial charge in [-0.05, 0) is 60.7 Å². The average Bonchev–Trinajstić information content (AvgIpc) is 2.75. The summed E-state index contributed by atoms with van der Waals surface area (Å²) in [6, 6.07) is 12.8. The maximum atomic E-state index is 12.5. The van der Waals surface area contributed by atoms with Crippen molar-refractivity contribution >= 4 is 38.9 Å². The Labute approximate surface area is 188 Å². The summed E-state index contributed by atoms with van der Waals surface area (Å²) in [7, 11) is -1.93. The third-order valence-electron chi connectivity index (χ3n) is 4.36. The summed E-state index contributed by atoms with van der Waals surface area (Å²) in [4.78, 5) is 12.6. The zero-order valence-electron chi connectivity index (χ0n) is 17.8. The molecule has 0 atom stereocenters. The highest BCUT2D eigenvalue weighted by Gasteiger charge is 2.21. The van der Waals surface area contributed by atoms with E-state index in [2.05, 4.69) is 10.6 Å². The van der Waals surface area contributed by atoms with Crippen LogP contribution in [0.25, 0.3) is 0 Å². The lowest BCUT2D eigenvalue weighted by molar-refractivity contribution is 0.0977. The Morgan fingerprint density at radius 2 is 1.61 bits per heavy atom. The van der Waals surface area contributed by atoms with Crippen molar-refractivity contribution in [2.75, 3.05) is 38.7 Å². The fourth-order valence-corrected chi connectivity index (χ4v) is 4.37. The van der Waals surface area contributed by atoms with E-state index in [0.717, 1.165) is 0 Å². The van der Waals surface area contributed by atoms with E-state index < -0.39 is 10.0 Å². The van der Waals surface area contributed by atoms with Crippen LogP contribution in [0.1, 0.15) is 24.2 Å². The quantitative estimate of drug-likeness (QED) is 0.411. The second-order valence-corrected chi connectivity index (χ2v) is 8.73. The second kappa shape index (κ2) is 11.8. The zero-order valence-corrected chi connectivity index (χ0v) is 19.4. The number of hydrogen-bond donors (Lipinski definition) is 2. The normalized spacial score (nSPS) is 11.2. The summed E-state index contributed by atoms with van der Waals surface area (Å²) in [5, 5.41) is 5.57. The molecule has 0 spiro atoms. The van der Waals surface area contributed by atoms with Crippen molar-refractivity contribution < 1.29 is 22.7 Å². The van der Waals surface area contributed by atoms with Crippen molar-refractivity contribution in [2.24, 2.45) is 0 Å². The largest absolute Gasteiger partial charge is 0.491 e. The van der Waals surface area contributed by atoms with Gasteiger partial charge in [0.15, 0.2) is 5.11 Å². The van der Waals surface area contributed by atoms with E-state index in [1.807, 2.05) is 0 Å². The van der Waals surface area contributed by atoms with Gasteiger partial charge in [0.05, 0.1) is 11.5 Å². The smallest absolute Gasteiger partial charge is 0.257 e. The van der Waals surface area contributed by atoms with Crippen LogP contribution < -0.4 is 15.4 Å². The molecule has 0 aliphatic heterocycles. The van der Waals surface area contributed by atoms with Gasteiger partial charge in [-0.2, -0.15) is 4.31 Å². The molecule has 0 bridgehead atoms. The molecule has 2 rings (SSSR count). The first kappa shape index (κ1) is 24.7. The van der Waals surface area contributed by atoms with Gasteiger partial charge in [-0.15, -0.1) is 0 Å². The molecule has 0 heterocycles. The molecule has 168 valence electrons. The Balaban J connectivity index is 1.94. The van der Waals surface area contributed by atoms with E-state index in [1.54, 1.807) is 57.4 Å². The van der Waals surface area contributed by atoms with Crippen LogP contribution in [0.3, 0.4) is 0 Å². The van der Waals surface area contributed by atoms with Crippen LogP contribution in [-0.2, 0) is 14.8 Å². The van der Waals surface area contributed by atoms with Crippen LogP contribution >= 0.6 is 12.2 Å². The van der Waals surface area contributed by atoms with Crippen LogP contribution in [0.5, 0.6) is 5.75 Å². The molecule has 0 aliphatic rings. The fourth-order valence-electron chi connectivity index (χ4n) is 2.71. The van der Waals surface area contributed by atoms with E-state index in [1.165, 1.54) is 16.4 Å². The monoisotopic (exact) mass is 465 g/mol. The third kappa shape index (κ3) is 7.00. The molecule has 0 saturated heterocycles. The number of nitrogens with one attached hydrogen (secondary N) is 2. The highest BCUT2D eigenvalue weighted by Crippen LogP contribution is 2.18. The van der Waals surface area contributed by atoms with Crippen LogP contribution in [-0.4, -0.2) is 57.2 Å². The minimum atomic E-state index is -3.53. The summed E-state index contributed by atoms with van der Waals surface area (Å²) < 4.78 is 36.8. The number of carbonyl (C=O) groups excluding carboxylic acids is 1. The van der Waals surface area contributed by atoms with Crippen LogP contribution in [0.2, 0.25) is 0 Å². The standard InChI is InChI=1S/C21H27N3O5S2/c1-4-24(5-2)31(26,27)19-12-8-17(9-13-19)22-21(30)23-20(25)16-6-10-18(11-7-16)29-15-14-28-3/h6-13H,4-5,14-15H2,1-3H3,(H2,22,23,25,30). The van der Waals surface area contributed by atoms with Crippen molar-refractivity contribution in [3.05, 3.63) is 54.1 Å². The van der Waals surface area contributed by atoms with Gasteiger partial charge in [0.25, 0.3) is 5.91 Å². The van der Waals surface area contributed by atoms with Gasteiger partial charge in [0.1, 0.15) is 12.4 Å². The van der Waals surface area contributed by atoms with Gasteiger partial charge < -0.3 is 14.8 Å². The van der Waals surface area contributed by atoms with Gasteiger partial charge in [-0.1, -0.05) is 13.8 Å². The molecule has 0 aromatic heterocycles. The molecule has 8 nitrogen and oxygen atoms in total. The number of sulfonamides is 1. The third-order valence-corrected chi connectivity index (χ3v) is 6.62. The van der Waals surface area contributed by atoms with E-state index in [0.29, 0.717) is 43.3 Å². The maximum Gasteiger partial charge on any atom is 0.257 e. The Kier molecular flexibility index (Phi) is 9.38. The molecule has 2 aromatic carbocycles. The molecule has 31 heavy (non-hydrogen) atoms. The zero-order chi connectivity index (χ0) is 22.9. The predicted molar refractivity (Wildman–Crippen MR) is 124 cm³/mol. The fraction of sp³-hybridized carbons (Fsp3) is 0.333. The highest BCUT2D eigenvalue weighted by molar-refractivity contribution is 7.89. The minimum absolute atomic E-state index is 0.102. The van der Waals surface area contributed by atoms with Gasteiger partial charge >= 0.3 is 0 Å². The molecule has 10 heteroatoms. The average molecular weight is 466 g/mol. The molecular weight excluding hydrogens is 438 g/mol. The first-order chi connectivity index (χ1) is 14.8. The maximum absolute atomic E-state index is 12.5. The molecule has 0 unspecified atom stereocenters. The Hall–Kier alpha value is -2.53. The number of benzene rings is 2. The minimum Gasteiger partial charge on any atom is -0.491 e. The van der Waals surface area contributed by atoms with Gasteiger partial charge in [0, 0.05) is 31.5 Å². The molecule has 2 N–H and O–H groups in total. The molecule has 2 aromatic rings. The molecule has 0 aliphatic carbocycles. The summed E-state index contributed by atoms with van der Waals surface area (Å²) in [6.45, 7) is 5.28. The number of anilines is 1. The van der Waals surface area contributed by atoms with Crippen LogP contribution in [0.15, 0.2) is 53.4 Å². The van der Waals surface area contributed by atoms with E-state index in [9.17, 15) is 13.2 Å². The van der Waals surface area contributed by atoms with Gasteiger partial charge in [0.2, 0.25) is 10.0 Å². The summed E-state index contributed by atoms with van der Waals surface area (Å²) in [6.07, 6.45) is 0. The number of nitrogens with zero attached hydrogens (tertiary/aromatic N) is 1. The van der Waals surface area contributed by atoms with Crippen molar-refractivity contribution in [2.45, 2.75) is 18.7 Å². The SMILES string of the molecule is CCN(CC)S(=O)(=O)c1ccc(NC(=S)NC(=O)c2ccc(OCCOC)cc2)cc1. The summed E-state index contributed by atoms with van der Waals surface area (Å²) in [5.74, 6) is 0.260. The lowest BCUT2D eigenvalue weighted by atomic mass is 10.2. The van der Waals surface area contributed by atoms with E-state index in [4.69, 9.17) is 21.7 Å².